The van der Waals surface area contributed by atoms with Gasteiger partial charge in [-0.25, -0.2) is 9.97 Å². The maximum atomic E-state index is 4.65. The molecule has 0 saturated carbocycles. The van der Waals surface area contributed by atoms with E-state index in [2.05, 4.69) is 56.8 Å². The van der Waals surface area contributed by atoms with Crippen molar-refractivity contribution in [2.24, 2.45) is 0 Å². The molecule has 2 unspecified atom stereocenters. The van der Waals surface area contributed by atoms with Crippen molar-refractivity contribution >= 4 is 11.8 Å². The molecule has 0 aromatic carbocycles. The van der Waals surface area contributed by atoms with Gasteiger partial charge in [-0.05, 0) is 45.7 Å². The summed E-state index contributed by atoms with van der Waals surface area (Å²) in [6.07, 6.45) is 3.56. The average Bonchev–Trinajstić information content (AvgIpc) is 2.42. The first-order valence-electron chi connectivity index (χ1n) is 7.75. The van der Waals surface area contributed by atoms with Crippen molar-refractivity contribution in [3.8, 4) is 0 Å². The second-order valence-corrected chi connectivity index (χ2v) is 6.53. The minimum atomic E-state index is 0.538. The minimum absolute atomic E-state index is 0.538. The summed E-state index contributed by atoms with van der Waals surface area (Å²) in [5.41, 5.74) is 3.41. The van der Waals surface area contributed by atoms with Crippen LogP contribution in [0.4, 0.5) is 0 Å². The van der Waals surface area contributed by atoms with E-state index in [0.717, 1.165) is 29.5 Å². The van der Waals surface area contributed by atoms with Crippen LogP contribution >= 0.6 is 11.8 Å². The van der Waals surface area contributed by atoms with Crippen LogP contribution in [-0.2, 0) is 0 Å². The molecular weight excluding hydrogens is 266 g/mol. The van der Waals surface area contributed by atoms with Crippen molar-refractivity contribution in [3.63, 3.8) is 0 Å². The maximum Gasteiger partial charge on any atom is 0.188 e. The van der Waals surface area contributed by atoms with Crippen LogP contribution in [0.1, 0.15) is 57.0 Å². The molecule has 1 rings (SSSR count). The first-order valence-corrected chi connectivity index (χ1v) is 8.63. The first-order chi connectivity index (χ1) is 9.53. The number of hydrogen-bond acceptors (Lipinski definition) is 4. The third-order valence-corrected chi connectivity index (χ3v) is 5.14. The lowest BCUT2D eigenvalue weighted by Gasteiger charge is -2.26. The van der Waals surface area contributed by atoms with Gasteiger partial charge in [-0.1, -0.05) is 39.0 Å². The summed E-state index contributed by atoms with van der Waals surface area (Å²) in [6, 6.07) is 0.547. The van der Waals surface area contributed by atoms with Crippen molar-refractivity contribution in [1.29, 1.82) is 0 Å². The highest BCUT2D eigenvalue weighted by Gasteiger charge is 2.21. The zero-order valence-corrected chi connectivity index (χ0v) is 14.6. The molecule has 0 saturated heterocycles. The molecule has 0 aliphatic carbocycles. The predicted octanol–water partition coefficient (Wildman–Crippen LogP) is 4.05. The van der Waals surface area contributed by atoms with Gasteiger partial charge in [0.1, 0.15) is 0 Å². The van der Waals surface area contributed by atoms with Crippen LogP contribution in [0.3, 0.4) is 0 Å². The topological polar surface area (TPSA) is 37.8 Å². The summed E-state index contributed by atoms with van der Waals surface area (Å²) in [6.45, 7) is 13.9. The molecule has 114 valence electrons. The summed E-state index contributed by atoms with van der Waals surface area (Å²) >= 11 is 1.83. The second-order valence-electron chi connectivity index (χ2n) is 5.32. The van der Waals surface area contributed by atoms with Crippen molar-refractivity contribution in [2.45, 2.75) is 77.3 Å². The Morgan fingerprint density at radius 3 is 2.10 bits per heavy atom. The molecule has 4 heteroatoms. The lowest BCUT2D eigenvalue weighted by molar-refractivity contribution is 0.465. The number of rotatable bonds is 8. The fourth-order valence-electron chi connectivity index (χ4n) is 2.37. The SMILES string of the molecule is CCCC(NCC)C(CC)Sc1nc(C)c(C)c(C)n1. The molecule has 1 aromatic rings. The standard InChI is InChI=1S/C16H29N3S/c1-7-10-14(17-9-3)15(8-2)20-16-18-12(5)11(4)13(6)19-16/h14-15,17H,7-10H2,1-6H3. The Morgan fingerprint density at radius 1 is 1.05 bits per heavy atom. The van der Waals surface area contributed by atoms with E-state index in [-0.39, 0.29) is 0 Å². The molecule has 1 N–H and O–H groups in total. The van der Waals surface area contributed by atoms with Crippen LogP contribution in [-0.4, -0.2) is 27.8 Å². The smallest absolute Gasteiger partial charge is 0.188 e. The molecule has 0 bridgehead atoms. The van der Waals surface area contributed by atoms with Crippen molar-refractivity contribution in [2.75, 3.05) is 6.54 Å². The zero-order valence-electron chi connectivity index (χ0n) is 13.8. The Hall–Kier alpha value is -0.610. The Bertz CT molecular complexity index is 391. The fraction of sp³-hybridized carbons (Fsp3) is 0.750. The first kappa shape index (κ1) is 17.4. The van der Waals surface area contributed by atoms with Gasteiger partial charge < -0.3 is 5.32 Å². The Morgan fingerprint density at radius 2 is 1.65 bits per heavy atom. The highest BCUT2D eigenvalue weighted by molar-refractivity contribution is 7.99. The number of aryl methyl sites for hydroxylation is 2. The summed E-state index contributed by atoms with van der Waals surface area (Å²) in [5.74, 6) is 0. The van der Waals surface area contributed by atoms with Gasteiger partial charge in [-0.3, -0.25) is 0 Å². The molecule has 1 heterocycles. The third kappa shape index (κ3) is 4.74. The summed E-state index contributed by atoms with van der Waals surface area (Å²) < 4.78 is 0. The summed E-state index contributed by atoms with van der Waals surface area (Å²) in [5, 5.41) is 5.08. The van der Waals surface area contributed by atoms with Gasteiger partial charge in [0, 0.05) is 22.7 Å². The van der Waals surface area contributed by atoms with Crippen LogP contribution in [0.15, 0.2) is 5.16 Å². The monoisotopic (exact) mass is 295 g/mol. The van der Waals surface area contributed by atoms with E-state index in [1.807, 2.05) is 11.8 Å². The van der Waals surface area contributed by atoms with Crippen molar-refractivity contribution in [3.05, 3.63) is 17.0 Å². The van der Waals surface area contributed by atoms with Gasteiger partial charge in [0.2, 0.25) is 0 Å². The predicted molar refractivity (Wildman–Crippen MR) is 88.6 cm³/mol. The van der Waals surface area contributed by atoms with Crippen LogP contribution in [0.5, 0.6) is 0 Å². The third-order valence-electron chi connectivity index (χ3n) is 3.79. The molecule has 0 spiro atoms. The average molecular weight is 295 g/mol. The molecule has 20 heavy (non-hydrogen) atoms. The Labute approximate surface area is 128 Å². The molecule has 0 amide bonds. The number of nitrogens with zero attached hydrogens (tertiary/aromatic N) is 2. The molecule has 0 radical (unpaired) electrons. The van der Waals surface area contributed by atoms with E-state index in [0.29, 0.717) is 11.3 Å². The largest absolute Gasteiger partial charge is 0.313 e. The highest BCUT2D eigenvalue weighted by atomic mass is 32.2. The van der Waals surface area contributed by atoms with E-state index in [1.54, 1.807) is 0 Å². The second kappa shape index (κ2) is 8.63. The minimum Gasteiger partial charge on any atom is -0.313 e. The molecule has 1 aromatic heterocycles. The van der Waals surface area contributed by atoms with E-state index in [4.69, 9.17) is 0 Å². The van der Waals surface area contributed by atoms with Gasteiger partial charge in [-0.15, -0.1) is 0 Å². The molecule has 0 fully saturated rings. The number of thioether (sulfide) groups is 1. The van der Waals surface area contributed by atoms with Crippen LogP contribution < -0.4 is 5.32 Å². The van der Waals surface area contributed by atoms with Gasteiger partial charge >= 0.3 is 0 Å². The zero-order chi connectivity index (χ0) is 15.1. The Balaban J connectivity index is 2.86. The van der Waals surface area contributed by atoms with Crippen LogP contribution in [0.25, 0.3) is 0 Å². The van der Waals surface area contributed by atoms with Gasteiger partial charge in [0.25, 0.3) is 0 Å². The van der Waals surface area contributed by atoms with Gasteiger partial charge in [-0.2, -0.15) is 0 Å². The number of hydrogen-bond donors (Lipinski definition) is 1. The summed E-state index contributed by atoms with van der Waals surface area (Å²) in [7, 11) is 0. The van der Waals surface area contributed by atoms with Crippen LogP contribution in [0.2, 0.25) is 0 Å². The van der Waals surface area contributed by atoms with Gasteiger partial charge in [0.15, 0.2) is 5.16 Å². The molecule has 0 aliphatic heterocycles. The van der Waals surface area contributed by atoms with E-state index < -0.39 is 0 Å². The maximum absolute atomic E-state index is 4.65. The lowest BCUT2D eigenvalue weighted by Crippen LogP contribution is -2.37. The molecular formula is C16H29N3S. The molecule has 3 nitrogen and oxygen atoms in total. The molecule has 2 atom stereocenters. The highest BCUT2D eigenvalue weighted by Crippen LogP contribution is 2.27. The Kier molecular flexibility index (Phi) is 7.52. The van der Waals surface area contributed by atoms with Crippen molar-refractivity contribution in [1.82, 2.24) is 15.3 Å². The van der Waals surface area contributed by atoms with E-state index in [1.165, 1.54) is 18.4 Å². The normalized spacial score (nSPS) is 14.3. The van der Waals surface area contributed by atoms with E-state index in [9.17, 15) is 0 Å². The lowest BCUT2D eigenvalue weighted by atomic mass is 10.1. The molecule has 0 aliphatic rings. The van der Waals surface area contributed by atoms with Gasteiger partial charge in [0.05, 0.1) is 0 Å². The summed E-state index contributed by atoms with van der Waals surface area (Å²) in [4.78, 5) is 9.30. The van der Waals surface area contributed by atoms with Crippen LogP contribution in [0, 0.1) is 20.8 Å². The number of aromatic nitrogens is 2. The van der Waals surface area contributed by atoms with Crippen molar-refractivity contribution < 1.29 is 0 Å². The van der Waals surface area contributed by atoms with E-state index >= 15 is 0 Å². The fourth-order valence-corrected chi connectivity index (χ4v) is 3.59. The number of nitrogens with one attached hydrogen (secondary N) is 1. The quantitative estimate of drug-likeness (QED) is 0.580.